The summed E-state index contributed by atoms with van der Waals surface area (Å²) >= 11 is 3.97. The van der Waals surface area contributed by atoms with E-state index in [4.69, 9.17) is 5.73 Å². The highest BCUT2D eigenvalue weighted by molar-refractivity contribution is 7.82. The molecule has 0 fully saturated rings. The number of nitrogens with two attached hydrogens (primary N) is 1. The Bertz CT molecular complexity index is 912. The van der Waals surface area contributed by atoms with Crippen LogP contribution in [0, 0.1) is 0 Å². The summed E-state index contributed by atoms with van der Waals surface area (Å²) in [6, 6.07) is 4.26. The second kappa shape index (κ2) is 8.46. The Morgan fingerprint density at radius 3 is 1.83 bits per heavy atom. The molecule has 2 aromatic rings. The fourth-order valence-electron chi connectivity index (χ4n) is 2.44. The number of primary amides is 1. The number of amides is 3. The molecule has 162 valence electrons. The molecule has 1 unspecified atom stereocenters. The third-order valence-corrected chi connectivity index (χ3v) is 4.45. The average Bonchev–Trinajstić information content (AvgIpc) is 2.65. The third kappa shape index (κ3) is 5.59. The minimum atomic E-state index is -5.00. The Morgan fingerprint density at radius 2 is 1.43 bits per heavy atom. The summed E-state index contributed by atoms with van der Waals surface area (Å²) in [5.74, 6) is -0.699. The van der Waals surface area contributed by atoms with Crippen LogP contribution < -0.4 is 15.4 Å². The van der Waals surface area contributed by atoms with Crippen LogP contribution >= 0.6 is 12.8 Å². The van der Waals surface area contributed by atoms with Crippen molar-refractivity contribution in [1.29, 1.82) is 0 Å². The first-order chi connectivity index (χ1) is 13.7. The molecular formula is C18H15F6N3O2S. The molecule has 0 aliphatic carbocycles. The summed E-state index contributed by atoms with van der Waals surface area (Å²) in [6.07, 6.45) is -10.0. The van der Waals surface area contributed by atoms with Crippen molar-refractivity contribution in [3.8, 4) is 0 Å². The number of nitrogens with zero attached hydrogens (tertiary/aromatic N) is 1. The highest BCUT2D eigenvalue weighted by Crippen LogP contribution is 2.37. The molecule has 0 aromatic heterocycles. The summed E-state index contributed by atoms with van der Waals surface area (Å²) in [5.41, 5.74) is 2.09. The van der Waals surface area contributed by atoms with Crippen LogP contribution in [0.2, 0.25) is 0 Å². The number of hydrogen-bond acceptors (Lipinski definition) is 3. The molecule has 0 bridgehead atoms. The van der Waals surface area contributed by atoms with Crippen LogP contribution in [-0.4, -0.2) is 11.9 Å². The molecule has 0 aliphatic rings. The molecule has 0 heterocycles. The van der Waals surface area contributed by atoms with E-state index in [1.165, 1.54) is 31.2 Å². The maximum absolute atomic E-state index is 13.0. The van der Waals surface area contributed by atoms with Crippen molar-refractivity contribution in [2.24, 2.45) is 5.73 Å². The molecule has 0 radical (unpaired) electrons. The van der Waals surface area contributed by atoms with Crippen molar-refractivity contribution < 1.29 is 35.9 Å². The van der Waals surface area contributed by atoms with Gasteiger partial charge in [-0.25, -0.2) is 9.10 Å². The molecule has 0 saturated heterocycles. The van der Waals surface area contributed by atoms with E-state index in [2.05, 4.69) is 18.1 Å². The monoisotopic (exact) mass is 451 g/mol. The van der Waals surface area contributed by atoms with E-state index in [1.54, 1.807) is 0 Å². The second-order valence-corrected chi connectivity index (χ2v) is 6.63. The maximum Gasteiger partial charge on any atom is 0.416 e. The van der Waals surface area contributed by atoms with Gasteiger partial charge in [-0.2, -0.15) is 26.3 Å². The highest BCUT2D eigenvalue weighted by atomic mass is 32.1. The van der Waals surface area contributed by atoms with Gasteiger partial charge in [0.1, 0.15) is 0 Å². The summed E-state index contributed by atoms with van der Waals surface area (Å²) in [4.78, 5) is 23.4. The van der Waals surface area contributed by atoms with Crippen LogP contribution in [0.4, 0.5) is 36.8 Å². The van der Waals surface area contributed by atoms with Gasteiger partial charge in [0.2, 0.25) is 5.91 Å². The zero-order chi connectivity index (χ0) is 22.9. The lowest BCUT2D eigenvalue weighted by atomic mass is 10.0. The van der Waals surface area contributed by atoms with Gasteiger partial charge in [0.05, 0.1) is 22.9 Å². The molecule has 2 aromatic carbocycles. The van der Waals surface area contributed by atoms with Crippen molar-refractivity contribution >= 4 is 30.4 Å². The summed E-state index contributed by atoms with van der Waals surface area (Å²) in [6.45, 7) is 1.23. The van der Waals surface area contributed by atoms with Gasteiger partial charge >= 0.3 is 18.4 Å². The van der Waals surface area contributed by atoms with E-state index in [-0.39, 0.29) is 17.3 Å². The standard InChI is InChI=1S/C18H15F6N3O2S/c1-9(11-6-12(17(19,20)21)8-13(7-11)18(22,23)24)26-16(29)27(30)14-4-2-10(3-5-14)15(25)28/h2-9,30H,1H3,(H2,25,28)(H,26,29). The van der Waals surface area contributed by atoms with Crippen molar-refractivity contribution in [3.05, 3.63) is 64.7 Å². The van der Waals surface area contributed by atoms with Gasteiger partial charge in [-0.15, -0.1) is 0 Å². The molecule has 3 amide bonds. The van der Waals surface area contributed by atoms with E-state index in [0.29, 0.717) is 12.1 Å². The first kappa shape index (κ1) is 23.4. The van der Waals surface area contributed by atoms with Crippen molar-refractivity contribution in [2.75, 3.05) is 4.31 Å². The number of benzene rings is 2. The van der Waals surface area contributed by atoms with E-state index in [0.717, 1.165) is 4.31 Å². The Labute approximate surface area is 172 Å². The predicted octanol–water partition coefficient (Wildman–Crippen LogP) is 4.95. The molecule has 1 atom stereocenters. The molecular weight excluding hydrogens is 436 g/mol. The lowest BCUT2D eigenvalue weighted by molar-refractivity contribution is -0.143. The van der Waals surface area contributed by atoms with Gasteiger partial charge in [0, 0.05) is 5.56 Å². The zero-order valence-corrected chi connectivity index (χ0v) is 16.1. The van der Waals surface area contributed by atoms with Gasteiger partial charge in [0.15, 0.2) is 0 Å². The van der Waals surface area contributed by atoms with E-state index in [1.807, 2.05) is 0 Å². The lowest BCUT2D eigenvalue weighted by Gasteiger charge is -2.22. The normalized spacial score (nSPS) is 12.9. The van der Waals surface area contributed by atoms with Crippen LogP contribution in [0.25, 0.3) is 0 Å². The topological polar surface area (TPSA) is 75.4 Å². The van der Waals surface area contributed by atoms with Crippen LogP contribution in [0.1, 0.15) is 40.0 Å². The van der Waals surface area contributed by atoms with Gasteiger partial charge in [0.25, 0.3) is 0 Å². The van der Waals surface area contributed by atoms with E-state index >= 15 is 0 Å². The third-order valence-electron chi connectivity index (χ3n) is 4.04. The van der Waals surface area contributed by atoms with Gasteiger partial charge in [-0.3, -0.25) is 4.79 Å². The number of anilines is 1. The number of alkyl halides is 6. The Balaban J connectivity index is 2.26. The Morgan fingerprint density at radius 1 is 0.967 bits per heavy atom. The van der Waals surface area contributed by atoms with E-state index < -0.39 is 47.0 Å². The quantitative estimate of drug-likeness (QED) is 0.455. The Kier molecular flexibility index (Phi) is 6.60. The maximum atomic E-state index is 13.0. The second-order valence-electron chi connectivity index (χ2n) is 6.23. The SMILES string of the molecule is CC(NC(=O)N(S)c1ccc(C(N)=O)cc1)c1cc(C(F)(F)F)cc(C(F)(F)F)c1. The minimum absolute atomic E-state index is 0.00322. The summed E-state index contributed by atoms with van der Waals surface area (Å²) in [7, 11) is 0. The van der Waals surface area contributed by atoms with Gasteiger partial charge in [-0.1, -0.05) is 12.8 Å². The smallest absolute Gasteiger partial charge is 0.366 e. The number of urea groups is 1. The molecule has 0 spiro atoms. The molecule has 3 N–H and O–H groups in total. The highest BCUT2D eigenvalue weighted by Gasteiger charge is 2.37. The van der Waals surface area contributed by atoms with Crippen molar-refractivity contribution in [3.63, 3.8) is 0 Å². The molecule has 5 nitrogen and oxygen atoms in total. The minimum Gasteiger partial charge on any atom is -0.366 e. The predicted molar refractivity (Wildman–Crippen MR) is 99.8 cm³/mol. The summed E-state index contributed by atoms with van der Waals surface area (Å²) < 4.78 is 78.7. The van der Waals surface area contributed by atoms with Gasteiger partial charge in [-0.05, 0) is 55.0 Å². The molecule has 2 rings (SSSR count). The van der Waals surface area contributed by atoms with Crippen LogP contribution in [-0.2, 0) is 12.4 Å². The summed E-state index contributed by atoms with van der Waals surface area (Å²) in [5, 5.41) is 2.27. The zero-order valence-electron chi connectivity index (χ0n) is 15.2. The molecule has 12 heteroatoms. The number of hydrogen-bond donors (Lipinski definition) is 3. The molecule has 0 aliphatic heterocycles. The van der Waals surface area contributed by atoms with Crippen molar-refractivity contribution in [2.45, 2.75) is 25.3 Å². The fraction of sp³-hybridized carbons (Fsp3) is 0.222. The number of rotatable bonds is 4. The van der Waals surface area contributed by atoms with Crippen LogP contribution in [0.5, 0.6) is 0 Å². The molecule has 0 saturated carbocycles. The van der Waals surface area contributed by atoms with Crippen LogP contribution in [0.3, 0.4) is 0 Å². The van der Waals surface area contributed by atoms with Crippen LogP contribution in [0.15, 0.2) is 42.5 Å². The number of nitrogens with one attached hydrogen (secondary N) is 1. The van der Waals surface area contributed by atoms with E-state index in [9.17, 15) is 35.9 Å². The number of halogens is 6. The number of carbonyl (C=O) groups excluding carboxylic acids is 2. The van der Waals surface area contributed by atoms with Crippen molar-refractivity contribution in [1.82, 2.24) is 5.32 Å². The fourth-order valence-corrected chi connectivity index (χ4v) is 2.63. The first-order valence-corrected chi connectivity index (χ1v) is 8.59. The number of carbonyl (C=O) groups is 2. The largest absolute Gasteiger partial charge is 0.416 e. The Hall–Kier alpha value is -2.89. The first-order valence-electron chi connectivity index (χ1n) is 8.19. The average molecular weight is 451 g/mol. The molecule has 30 heavy (non-hydrogen) atoms. The lowest BCUT2D eigenvalue weighted by Crippen LogP contribution is -2.36. The van der Waals surface area contributed by atoms with Gasteiger partial charge < -0.3 is 11.1 Å². The number of thiol groups is 1.